The van der Waals surface area contributed by atoms with Crippen LogP contribution in [0.5, 0.6) is 5.75 Å². The number of phenols is 1. The van der Waals surface area contributed by atoms with Crippen molar-refractivity contribution in [1.82, 2.24) is 0 Å². The van der Waals surface area contributed by atoms with Crippen LogP contribution in [0.25, 0.3) is 0 Å². The fraction of sp³-hybridized carbons (Fsp3) is 0.630. The average Bonchev–Trinajstić information content (AvgIpc) is 3.07. The fourth-order valence-electron chi connectivity index (χ4n) is 3.51. The van der Waals surface area contributed by atoms with E-state index in [4.69, 9.17) is 19.0 Å². The van der Waals surface area contributed by atoms with E-state index in [9.17, 15) is 19.5 Å². The largest absolute Gasteiger partial charge is 0.508 e. The Hall–Kier alpha value is -3.10. The summed E-state index contributed by atoms with van der Waals surface area (Å²) in [7, 11) is 0. The number of aryl methyl sites for hydroxylation is 1. The molecule has 1 heterocycles. The SMILES string of the molecule is CC(C)(C)OC(=O)CCc1cc(O)cc(C2=NOC(CC(=O)OC(C)(C)C)(C(=O)OC(C)(C)C)C2)c1. The van der Waals surface area contributed by atoms with Crippen LogP contribution in [0.2, 0.25) is 0 Å². The highest BCUT2D eigenvalue weighted by molar-refractivity contribution is 6.06. The summed E-state index contributed by atoms with van der Waals surface area (Å²) < 4.78 is 16.3. The molecule has 2 rings (SSSR count). The first-order valence-corrected chi connectivity index (χ1v) is 12.0. The van der Waals surface area contributed by atoms with E-state index in [2.05, 4.69) is 5.16 Å². The van der Waals surface area contributed by atoms with E-state index < -0.39 is 40.8 Å². The van der Waals surface area contributed by atoms with Crippen molar-refractivity contribution in [2.45, 2.75) is 110 Å². The normalized spacial score (nSPS) is 18.2. The number of ether oxygens (including phenoxy) is 3. The number of phenolic OH excluding ortho intramolecular Hbond substituents is 1. The van der Waals surface area contributed by atoms with Gasteiger partial charge in [0, 0.05) is 18.4 Å². The van der Waals surface area contributed by atoms with Crippen LogP contribution in [0.4, 0.5) is 0 Å². The van der Waals surface area contributed by atoms with Crippen LogP contribution in [-0.4, -0.2) is 51.1 Å². The molecule has 1 N–H and O–H groups in total. The van der Waals surface area contributed by atoms with E-state index in [1.165, 1.54) is 6.07 Å². The van der Waals surface area contributed by atoms with Gasteiger partial charge in [-0.2, -0.15) is 0 Å². The molecule has 9 nitrogen and oxygen atoms in total. The number of carbonyl (C=O) groups excluding carboxylic acids is 3. The van der Waals surface area contributed by atoms with E-state index in [0.717, 1.165) is 0 Å². The zero-order valence-corrected chi connectivity index (χ0v) is 22.8. The third-order valence-corrected chi connectivity index (χ3v) is 4.75. The van der Waals surface area contributed by atoms with E-state index in [1.807, 2.05) is 0 Å². The highest BCUT2D eigenvalue weighted by Crippen LogP contribution is 2.35. The maximum Gasteiger partial charge on any atom is 0.354 e. The molecule has 0 fully saturated rings. The summed E-state index contributed by atoms with van der Waals surface area (Å²) in [4.78, 5) is 43.5. The summed E-state index contributed by atoms with van der Waals surface area (Å²) in [6.07, 6.45) is 0.00973. The molecule has 0 radical (unpaired) electrons. The minimum absolute atomic E-state index is 0.0312. The van der Waals surface area contributed by atoms with Crippen molar-refractivity contribution in [1.29, 1.82) is 0 Å². The van der Waals surface area contributed by atoms with Crippen LogP contribution >= 0.6 is 0 Å². The third kappa shape index (κ3) is 9.17. The Morgan fingerprint density at radius 1 is 0.889 bits per heavy atom. The molecule has 0 amide bonds. The number of carbonyl (C=O) groups is 3. The zero-order valence-electron chi connectivity index (χ0n) is 22.8. The van der Waals surface area contributed by atoms with Crippen LogP contribution in [0.3, 0.4) is 0 Å². The minimum Gasteiger partial charge on any atom is -0.508 e. The van der Waals surface area contributed by atoms with Gasteiger partial charge >= 0.3 is 17.9 Å². The number of rotatable bonds is 7. The van der Waals surface area contributed by atoms with Gasteiger partial charge in [-0.3, -0.25) is 9.59 Å². The lowest BCUT2D eigenvalue weighted by Crippen LogP contribution is -2.46. The summed E-state index contributed by atoms with van der Waals surface area (Å²) in [6, 6.07) is 4.79. The quantitative estimate of drug-likeness (QED) is 0.421. The predicted octanol–water partition coefficient (Wildman–Crippen LogP) is 4.60. The van der Waals surface area contributed by atoms with Crippen molar-refractivity contribution in [3.05, 3.63) is 29.3 Å². The molecule has 0 saturated carbocycles. The molecule has 200 valence electrons. The summed E-state index contributed by atoms with van der Waals surface area (Å²) in [5, 5.41) is 14.4. The van der Waals surface area contributed by atoms with Gasteiger partial charge in [0.2, 0.25) is 5.60 Å². The first kappa shape index (κ1) is 29.1. The standard InChI is InChI=1S/C27H39NO8/c1-24(2,3)33-21(30)11-10-17-12-18(14-19(29)13-17)20-15-27(36-28-20,23(32)35-26(7,8)9)16-22(31)34-25(4,5)6/h12-14,29H,10-11,15-16H2,1-9H3. The Morgan fingerprint density at radius 2 is 1.44 bits per heavy atom. The van der Waals surface area contributed by atoms with Crippen LogP contribution in [0.1, 0.15) is 92.7 Å². The average molecular weight is 506 g/mol. The molecular weight excluding hydrogens is 466 g/mol. The van der Waals surface area contributed by atoms with Gasteiger partial charge in [0.1, 0.15) is 22.6 Å². The molecule has 0 spiro atoms. The molecule has 36 heavy (non-hydrogen) atoms. The molecule has 1 unspecified atom stereocenters. The van der Waals surface area contributed by atoms with Gasteiger partial charge in [0.25, 0.3) is 0 Å². The Morgan fingerprint density at radius 3 is 2.00 bits per heavy atom. The van der Waals surface area contributed by atoms with E-state index >= 15 is 0 Å². The summed E-state index contributed by atoms with van der Waals surface area (Å²) >= 11 is 0. The van der Waals surface area contributed by atoms with Crippen LogP contribution < -0.4 is 0 Å². The van der Waals surface area contributed by atoms with Crippen molar-refractivity contribution < 1.29 is 38.5 Å². The lowest BCUT2D eigenvalue weighted by atomic mass is 9.90. The number of esters is 3. The number of hydrogen-bond acceptors (Lipinski definition) is 9. The Kier molecular flexibility index (Phi) is 8.48. The molecule has 9 heteroatoms. The molecule has 1 aliphatic rings. The highest BCUT2D eigenvalue weighted by Gasteiger charge is 2.52. The molecular formula is C27H39NO8. The highest BCUT2D eigenvalue weighted by atomic mass is 16.7. The maximum atomic E-state index is 13.2. The van der Waals surface area contributed by atoms with Crippen LogP contribution in [0.15, 0.2) is 23.4 Å². The van der Waals surface area contributed by atoms with Gasteiger partial charge in [-0.25, -0.2) is 4.79 Å². The van der Waals surface area contributed by atoms with Crippen molar-refractivity contribution in [2.24, 2.45) is 5.16 Å². The Labute approximate surface area is 213 Å². The molecule has 0 saturated heterocycles. The summed E-state index contributed by atoms with van der Waals surface area (Å²) in [5.74, 6) is -1.74. The topological polar surface area (TPSA) is 121 Å². The van der Waals surface area contributed by atoms with Gasteiger partial charge in [-0.15, -0.1) is 0 Å². The molecule has 0 aromatic heterocycles. The van der Waals surface area contributed by atoms with Gasteiger partial charge in [0.15, 0.2) is 0 Å². The van der Waals surface area contributed by atoms with Crippen molar-refractivity contribution in [3.63, 3.8) is 0 Å². The van der Waals surface area contributed by atoms with Gasteiger partial charge < -0.3 is 24.2 Å². The van der Waals surface area contributed by atoms with Gasteiger partial charge in [0.05, 0.1) is 12.1 Å². The molecule has 1 aromatic carbocycles. The van der Waals surface area contributed by atoms with E-state index in [-0.39, 0.29) is 24.6 Å². The van der Waals surface area contributed by atoms with Crippen molar-refractivity contribution >= 4 is 23.6 Å². The number of hydrogen-bond donors (Lipinski definition) is 1. The van der Waals surface area contributed by atoms with Crippen LogP contribution in [-0.2, 0) is 39.9 Å². The molecule has 0 bridgehead atoms. The molecule has 1 aromatic rings. The lowest BCUT2D eigenvalue weighted by Gasteiger charge is -2.29. The summed E-state index contributed by atoms with van der Waals surface area (Å²) in [6.45, 7) is 15.7. The number of aromatic hydroxyl groups is 1. The van der Waals surface area contributed by atoms with Gasteiger partial charge in [-0.05, 0) is 92.5 Å². The van der Waals surface area contributed by atoms with Gasteiger partial charge in [-0.1, -0.05) is 5.16 Å². The fourth-order valence-corrected chi connectivity index (χ4v) is 3.51. The second kappa shape index (κ2) is 10.5. The first-order chi connectivity index (χ1) is 16.3. The second-order valence-electron chi connectivity index (χ2n) is 12.0. The van der Waals surface area contributed by atoms with Crippen LogP contribution in [0, 0.1) is 0 Å². The zero-order chi connectivity index (χ0) is 27.5. The minimum atomic E-state index is -1.70. The van der Waals surface area contributed by atoms with Crippen molar-refractivity contribution in [2.75, 3.05) is 0 Å². The maximum absolute atomic E-state index is 13.2. The molecule has 1 atom stereocenters. The third-order valence-electron chi connectivity index (χ3n) is 4.75. The lowest BCUT2D eigenvalue weighted by molar-refractivity contribution is -0.188. The Balaban J connectivity index is 2.25. The number of nitrogens with zero attached hydrogens (tertiary/aromatic N) is 1. The first-order valence-electron chi connectivity index (χ1n) is 12.0. The molecule has 0 aliphatic carbocycles. The second-order valence-corrected chi connectivity index (χ2v) is 12.0. The van der Waals surface area contributed by atoms with E-state index in [1.54, 1.807) is 74.4 Å². The number of oxime groups is 1. The Bertz CT molecular complexity index is 1020. The summed E-state index contributed by atoms with van der Waals surface area (Å²) in [5.41, 5.74) is -2.31. The van der Waals surface area contributed by atoms with Crippen molar-refractivity contribution in [3.8, 4) is 5.75 Å². The predicted molar refractivity (Wildman–Crippen MR) is 134 cm³/mol. The number of benzene rings is 1. The monoisotopic (exact) mass is 505 g/mol. The van der Waals surface area contributed by atoms with E-state index in [0.29, 0.717) is 23.3 Å². The molecule has 1 aliphatic heterocycles. The smallest absolute Gasteiger partial charge is 0.354 e.